The van der Waals surface area contributed by atoms with Crippen molar-refractivity contribution in [2.75, 3.05) is 13.1 Å². The van der Waals surface area contributed by atoms with Gasteiger partial charge in [-0.05, 0) is 6.92 Å². The van der Waals surface area contributed by atoms with Gasteiger partial charge in [0, 0.05) is 12.6 Å². The highest BCUT2D eigenvalue weighted by Crippen LogP contribution is 2.05. The lowest BCUT2D eigenvalue weighted by Crippen LogP contribution is -2.55. The van der Waals surface area contributed by atoms with Gasteiger partial charge in [-0.15, -0.1) is 0 Å². The van der Waals surface area contributed by atoms with Crippen LogP contribution in [-0.4, -0.2) is 42.3 Å². The van der Waals surface area contributed by atoms with Crippen LogP contribution in [0, 0.1) is 0 Å². The van der Waals surface area contributed by atoms with E-state index in [9.17, 15) is 18.4 Å². The molecule has 1 aliphatic rings. The van der Waals surface area contributed by atoms with Gasteiger partial charge in [0.2, 0.25) is 5.91 Å². The Morgan fingerprint density at radius 3 is 2.77 bits per heavy atom. The quantitative estimate of drug-likeness (QED) is 0.614. The molecule has 1 N–H and O–H groups in total. The molecule has 0 aliphatic carbocycles. The minimum Gasteiger partial charge on any atom is -0.350 e. The number of carbonyl (C=O) groups is 2. The standard InChI is InChI=1S/C7H10F2N2O2/c1-4-2-11(3-5(12)10-4)7(13)6(8)9/h4,6H,2-3H2,1H3,(H,10,12). The van der Waals surface area contributed by atoms with Crippen molar-refractivity contribution in [2.45, 2.75) is 19.4 Å². The molecule has 74 valence electrons. The fourth-order valence-electron chi connectivity index (χ4n) is 1.24. The number of halogens is 2. The zero-order chi connectivity index (χ0) is 10.0. The van der Waals surface area contributed by atoms with Gasteiger partial charge in [0.05, 0.1) is 6.54 Å². The third-order valence-electron chi connectivity index (χ3n) is 1.73. The Labute approximate surface area is 73.9 Å². The third kappa shape index (κ3) is 2.37. The van der Waals surface area contributed by atoms with E-state index in [2.05, 4.69) is 5.32 Å². The van der Waals surface area contributed by atoms with E-state index in [-0.39, 0.29) is 19.1 Å². The maximum atomic E-state index is 11.9. The van der Waals surface area contributed by atoms with Crippen LogP contribution in [0.3, 0.4) is 0 Å². The minimum atomic E-state index is -3.03. The van der Waals surface area contributed by atoms with Crippen molar-refractivity contribution in [3.05, 3.63) is 0 Å². The summed E-state index contributed by atoms with van der Waals surface area (Å²) in [6.07, 6.45) is -3.03. The van der Waals surface area contributed by atoms with Crippen molar-refractivity contribution in [3.63, 3.8) is 0 Å². The molecule has 1 unspecified atom stereocenters. The average Bonchev–Trinajstić information content (AvgIpc) is 2.01. The summed E-state index contributed by atoms with van der Waals surface area (Å²) in [7, 11) is 0. The lowest BCUT2D eigenvalue weighted by molar-refractivity contribution is -0.148. The normalized spacial score (nSPS) is 23.2. The smallest absolute Gasteiger partial charge is 0.315 e. The highest BCUT2D eigenvalue weighted by molar-refractivity contribution is 5.87. The largest absolute Gasteiger partial charge is 0.350 e. The predicted molar refractivity (Wildman–Crippen MR) is 40.2 cm³/mol. The van der Waals surface area contributed by atoms with Gasteiger partial charge in [-0.1, -0.05) is 0 Å². The Kier molecular flexibility index (Phi) is 2.79. The number of piperazine rings is 1. The average molecular weight is 192 g/mol. The first kappa shape index (κ1) is 9.88. The Morgan fingerprint density at radius 1 is 1.69 bits per heavy atom. The molecular weight excluding hydrogens is 182 g/mol. The molecule has 0 spiro atoms. The van der Waals surface area contributed by atoms with Gasteiger partial charge in [-0.2, -0.15) is 8.78 Å². The third-order valence-corrected chi connectivity index (χ3v) is 1.73. The zero-order valence-electron chi connectivity index (χ0n) is 7.09. The highest BCUT2D eigenvalue weighted by Gasteiger charge is 2.29. The maximum absolute atomic E-state index is 11.9. The number of alkyl halides is 2. The fraction of sp³-hybridized carbons (Fsp3) is 0.714. The molecule has 1 aliphatic heterocycles. The van der Waals surface area contributed by atoms with Crippen LogP contribution in [0.5, 0.6) is 0 Å². The van der Waals surface area contributed by atoms with Crippen molar-refractivity contribution in [3.8, 4) is 0 Å². The first-order valence-electron chi connectivity index (χ1n) is 3.87. The molecule has 1 rings (SSSR count). The van der Waals surface area contributed by atoms with Crippen molar-refractivity contribution >= 4 is 11.8 Å². The minimum absolute atomic E-state index is 0.148. The van der Waals surface area contributed by atoms with Crippen LogP contribution < -0.4 is 5.32 Å². The van der Waals surface area contributed by atoms with E-state index in [0.29, 0.717) is 0 Å². The summed E-state index contributed by atoms with van der Waals surface area (Å²) in [6.45, 7) is 1.53. The molecule has 1 atom stereocenters. The van der Waals surface area contributed by atoms with Crippen molar-refractivity contribution in [1.82, 2.24) is 10.2 Å². The zero-order valence-corrected chi connectivity index (χ0v) is 7.09. The van der Waals surface area contributed by atoms with Crippen LogP contribution in [0.2, 0.25) is 0 Å². The Bertz CT molecular complexity index is 233. The van der Waals surface area contributed by atoms with Gasteiger partial charge in [0.1, 0.15) is 0 Å². The van der Waals surface area contributed by atoms with Crippen LogP contribution in [0.4, 0.5) is 8.78 Å². The lowest BCUT2D eigenvalue weighted by atomic mass is 10.2. The Hall–Kier alpha value is -1.20. The van der Waals surface area contributed by atoms with Crippen LogP contribution in [0.1, 0.15) is 6.92 Å². The van der Waals surface area contributed by atoms with Crippen LogP contribution in [0.15, 0.2) is 0 Å². The molecular formula is C7H10F2N2O2. The Morgan fingerprint density at radius 2 is 2.31 bits per heavy atom. The molecule has 6 heteroatoms. The SMILES string of the molecule is CC1CN(C(=O)C(F)F)CC(=O)N1. The summed E-state index contributed by atoms with van der Waals surface area (Å²) in [6, 6.07) is -0.260. The van der Waals surface area contributed by atoms with Crippen molar-refractivity contribution in [1.29, 1.82) is 0 Å². The first-order valence-corrected chi connectivity index (χ1v) is 3.87. The molecule has 2 amide bonds. The van der Waals surface area contributed by atoms with E-state index < -0.39 is 18.2 Å². The second kappa shape index (κ2) is 3.68. The molecule has 0 aromatic carbocycles. The van der Waals surface area contributed by atoms with Crippen molar-refractivity contribution < 1.29 is 18.4 Å². The predicted octanol–water partition coefficient (Wildman–Crippen LogP) is -0.402. The molecule has 1 heterocycles. The molecule has 1 saturated heterocycles. The van der Waals surface area contributed by atoms with Crippen LogP contribution >= 0.6 is 0 Å². The molecule has 0 aromatic rings. The van der Waals surface area contributed by atoms with Crippen LogP contribution in [-0.2, 0) is 9.59 Å². The van der Waals surface area contributed by atoms with E-state index >= 15 is 0 Å². The number of hydrogen-bond donors (Lipinski definition) is 1. The number of nitrogens with zero attached hydrogens (tertiary/aromatic N) is 1. The summed E-state index contributed by atoms with van der Waals surface area (Å²) < 4.78 is 23.9. The molecule has 1 fully saturated rings. The van der Waals surface area contributed by atoms with Gasteiger partial charge in [-0.25, -0.2) is 0 Å². The Balaban J connectivity index is 2.60. The summed E-state index contributed by atoms with van der Waals surface area (Å²) in [5.74, 6) is -1.67. The number of amides is 2. The van der Waals surface area contributed by atoms with Gasteiger partial charge >= 0.3 is 6.43 Å². The van der Waals surface area contributed by atoms with Gasteiger partial charge in [0.25, 0.3) is 5.91 Å². The fourth-order valence-corrected chi connectivity index (χ4v) is 1.24. The summed E-state index contributed by atoms with van der Waals surface area (Å²) >= 11 is 0. The number of hydrogen-bond acceptors (Lipinski definition) is 2. The van der Waals surface area contributed by atoms with Crippen LogP contribution in [0.25, 0.3) is 0 Å². The molecule has 4 nitrogen and oxygen atoms in total. The number of rotatable bonds is 1. The monoisotopic (exact) mass is 192 g/mol. The first-order chi connectivity index (χ1) is 6.00. The summed E-state index contributed by atoms with van der Waals surface area (Å²) in [5, 5.41) is 2.53. The molecule has 0 radical (unpaired) electrons. The topological polar surface area (TPSA) is 49.4 Å². The maximum Gasteiger partial charge on any atom is 0.315 e. The number of nitrogens with one attached hydrogen (secondary N) is 1. The molecule has 0 saturated carbocycles. The highest BCUT2D eigenvalue weighted by atomic mass is 19.3. The van der Waals surface area contributed by atoms with E-state index in [1.807, 2.05) is 0 Å². The molecule has 0 bridgehead atoms. The summed E-state index contributed by atoms with van der Waals surface area (Å²) in [4.78, 5) is 22.5. The van der Waals surface area contributed by atoms with Gasteiger partial charge in [0.15, 0.2) is 0 Å². The van der Waals surface area contributed by atoms with E-state index in [1.165, 1.54) is 0 Å². The second-order valence-corrected chi connectivity index (χ2v) is 2.99. The molecule has 0 aromatic heterocycles. The van der Waals surface area contributed by atoms with Gasteiger partial charge in [-0.3, -0.25) is 9.59 Å². The van der Waals surface area contributed by atoms with E-state index in [1.54, 1.807) is 6.92 Å². The molecule has 13 heavy (non-hydrogen) atoms. The van der Waals surface area contributed by atoms with Gasteiger partial charge < -0.3 is 10.2 Å². The van der Waals surface area contributed by atoms with E-state index in [4.69, 9.17) is 0 Å². The lowest BCUT2D eigenvalue weighted by Gasteiger charge is -2.30. The number of carbonyl (C=O) groups excluding carboxylic acids is 2. The van der Waals surface area contributed by atoms with Crippen molar-refractivity contribution in [2.24, 2.45) is 0 Å². The summed E-state index contributed by atoms with van der Waals surface area (Å²) in [5.41, 5.74) is 0. The van der Waals surface area contributed by atoms with E-state index in [0.717, 1.165) is 4.90 Å². The second-order valence-electron chi connectivity index (χ2n) is 2.99.